The number of carbonyl (C=O) groups is 1. The third-order valence-corrected chi connectivity index (χ3v) is 12.6. The number of halogens is 5. The van der Waals surface area contributed by atoms with E-state index in [9.17, 15) is 45.2 Å². The average Bonchev–Trinajstić information content (AvgIpc) is 3.45. The van der Waals surface area contributed by atoms with E-state index >= 15 is 0 Å². The van der Waals surface area contributed by atoms with E-state index in [0.717, 1.165) is 30.3 Å². The molecule has 47 heavy (non-hydrogen) atoms. The Morgan fingerprint density at radius 2 is 1.68 bits per heavy atom. The van der Waals surface area contributed by atoms with Crippen molar-refractivity contribution in [2.24, 2.45) is 5.92 Å². The Labute approximate surface area is 269 Å². The molecule has 14 heteroatoms. The van der Waals surface area contributed by atoms with Gasteiger partial charge >= 0.3 is 13.3 Å². The number of carbonyl (C=O) groups excluding carboxylic acids is 1. The van der Waals surface area contributed by atoms with Gasteiger partial charge in [-0.05, 0) is 97.6 Å². The summed E-state index contributed by atoms with van der Waals surface area (Å²) in [6.07, 6.45) is -2.35. The summed E-state index contributed by atoms with van der Waals surface area (Å²) in [6, 6.07) is 10.9. The molecule has 0 radical (unpaired) electrons. The van der Waals surface area contributed by atoms with E-state index in [1.807, 2.05) is 0 Å². The first kappa shape index (κ1) is 33.4. The lowest BCUT2D eigenvalue weighted by molar-refractivity contribution is -0.139. The van der Waals surface area contributed by atoms with Gasteiger partial charge in [0.25, 0.3) is 0 Å². The fourth-order valence-electron chi connectivity index (χ4n) is 7.71. The van der Waals surface area contributed by atoms with Gasteiger partial charge in [0.1, 0.15) is 28.7 Å². The third-order valence-electron chi connectivity index (χ3n) is 10.1. The molecule has 250 valence electrons. The number of sulfone groups is 1. The highest BCUT2D eigenvalue weighted by molar-refractivity contribution is 7.92. The van der Waals surface area contributed by atoms with Crippen LogP contribution in [0.25, 0.3) is 0 Å². The Hall–Kier alpha value is -3.49. The van der Waals surface area contributed by atoms with Crippen LogP contribution in [0.15, 0.2) is 65.6 Å². The molecule has 0 spiro atoms. The van der Waals surface area contributed by atoms with E-state index in [1.54, 1.807) is 17.0 Å². The van der Waals surface area contributed by atoms with Crippen LogP contribution in [-0.4, -0.2) is 49.0 Å². The summed E-state index contributed by atoms with van der Waals surface area (Å²) in [6.45, 7) is -0.558. The third kappa shape index (κ3) is 5.93. The predicted molar refractivity (Wildman–Crippen MR) is 162 cm³/mol. The van der Waals surface area contributed by atoms with E-state index in [4.69, 9.17) is 4.74 Å². The normalized spacial score (nSPS) is 24.4. The van der Waals surface area contributed by atoms with Gasteiger partial charge in [-0.1, -0.05) is 25.0 Å². The van der Waals surface area contributed by atoms with Gasteiger partial charge in [-0.2, -0.15) is 13.2 Å². The minimum atomic E-state index is -4.79. The van der Waals surface area contributed by atoms with Crippen molar-refractivity contribution in [3.8, 4) is 5.75 Å². The highest BCUT2D eigenvalue weighted by Gasteiger charge is 2.61. The van der Waals surface area contributed by atoms with Gasteiger partial charge in [-0.25, -0.2) is 17.2 Å². The van der Waals surface area contributed by atoms with Gasteiger partial charge in [-0.15, -0.1) is 0 Å². The maximum Gasteiger partial charge on any atom is 0.454 e. The van der Waals surface area contributed by atoms with Crippen LogP contribution in [0, 0.1) is 17.6 Å². The van der Waals surface area contributed by atoms with Crippen molar-refractivity contribution < 1.29 is 49.9 Å². The van der Waals surface area contributed by atoms with Gasteiger partial charge in [0.15, 0.2) is 9.84 Å². The molecule has 2 N–H and O–H groups in total. The molecule has 0 unspecified atom stereocenters. The SMILES string of the molecule is O=C(C1CCC(B(O)O)CC1)N1CC[C@@]2(S(=O)(=O)c3ccc(F)cc3)c3ccc(OCc4c(F)cccc4C(F)(F)F)cc3CC[C@@H]12. The molecule has 3 aliphatic rings. The summed E-state index contributed by atoms with van der Waals surface area (Å²) < 4.78 is 102. The Balaban J connectivity index is 1.34. The predicted octanol–water partition coefficient (Wildman–Crippen LogP) is 5.81. The molecule has 6 rings (SSSR count). The maximum atomic E-state index is 14.6. The van der Waals surface area contributed by atoms with Gasteiger partial charge < -0.3 is 19.7 Å². The number of hydrogen-bond acceptors (Lipinski definition) is 6. The van der Waals surface area contributed by atoms with Crippen molar-refractivity contribution in [2.45, 2.75) is 79.2 Å². The van der Waals surface area contributed by atoms with Crippen LogP contribution in [0.5, 0.6) is 5.75 Å². The summed E-state index contributed by atoms with van der Waals surface area (Å²) >= 11 is 0. The zero-order valence-electron chi connectivity index (χ0n) is 25.2. The smallest absolute Gasteiger partial charge is 0.454 e. The first-order valence-corrected chi connectivity index (χ1v) is 17.0. The van der Waals surface area contributed by atoms with Crippen molar-refractivity contribution in [1.29, 1.82) is 0 Å². The number of nitrogens with zero attached hydrogens (tertiary/aromatic N) is 1. The lowest BCUT2D eigenvalue weighted by atomic mass is 9.63. The van der Waals surface area contributed by atoms with Crippen molar-refractivity contribution in [2.75, 3.05) is 6.54 Å². The maximum absolute atomic E-state index is 14.6. The first-order valence-electron chi connectivity index (χ1n) is 15.5. The number of alkyl halides is 3. The number of ether oxygens (including phenoxy) is 1. The monoisotopic (exact) mass is 677 g/mol. The van der Waals surface area contributed by atoms with Gasteiger partial charge in [0.05, 0.1) is 16.5 Å². The second-order valence-corrected chi connectivity index (χ2v) is 14.8. The molecule has 2 atom stereocenters. The van der Waals surface area contributed by atoms with Gasteiger partial charge in [0, 0.05) is 18.0 Å². The lowest BCUT2D eigenvalue weighted by Crippen LogP contribution is -2.53. The van der Waals surface area contributed by atoms with Crippen LogP contribution in [0.4, 0.5) is 22.0 Å². The van der Waals surface area contributed by atoms with Crippen LogP contribution in [0.2, 0.25) is 5.82 Å². The minimum absolute atomic E-state index is 0.0607. The fraction of sp³-hybridized carbons (Fsp3) is 0.424. The van der Waals surface area contributed by atoms with Crippen molar-refractivity contribution in [1.82, 2.24) is 4.90 Å². The van der Waals surface area contributed by atoms with Crippen LogP contribution in [0.3, 0.4) is 0 Å². The van der Waals surface area contributed by atoms with Crippen molar-refractivity contribution in [3.63, 3.8) is 0 Å². The van der Waals surface area contributed by atoms with Crippen LogP contribution in [0.1, 0.15) is 60.8 Å². The van der Waals surface area contributed by atoms with Crippen molar-refractivity contribution in [3.05, 3.63) is 94.6 Å². The standard InChI is InChI=1S/C33H33BF5NO6S/c35-23-9-12-25(13-10-23)47(44,45)32-16-17-40(31(41)20-4-7-22(8-5-20)34(42)43)30(32)15-6-21-18-24(11-14-27(21)32)46-19-26-28(33(37,38)39)2-1-3-29(26)36/h1-3,9-14,18,20,22,30,42-43H,4-8,15-17,19H2/t20?,22?,30-,32-/m1/s1. The Kier molecular flexibility index (Phi) is 8.90. The van der Waals surface area contributed by atoms with E-state index in [0.29, 0.717) is 43.2 Å². The largest absolute Gasteiger partial charge is 0.489 e. The Morgan fingerprint density at radius 1 is 0.979 bits per heavy atom. The Morgan fingerprint density at radius 3 is 2.34 bits per heavy atom. The minimum Gasteiger partial charge on any atom is -0.489 e. The molecular formula is C33H33BF5NO6S. The zero-order chi connectivity index (χ0) is 33.7. The number of amides is 1. The second-order valence-electron chi connectivity index (χ2n) is 12.6. The molecule has 1 aliphatic heterocycles. The topological polar surface area (TPSA) is 104 Å². The molecule has 1 saturated carbocycles. The summed E-state index contributed by atoms with van der Waals surface area (Å²) in [5, 5.41) is 19.2. The number of rotatable bonds is 7. The zero-order valence-corrected chi connectivity index (χ0v) is 26.0. The van der Waals surface area contributed by atoms with Gasteiger partial charge in [0.2, 0.25) is 5.91 Å². The average molecular weight is 677 g/mol. The number of likely N-dealkylation sites (tertiary alicyclic amines) is 1. The first-order chi connectivity index (χ1) is 22.2. The van der Waals surface area contributed by atoms with E-state index in [-0.39, 0.29) is 41.8 Å². The number of benzene rings is 3. The molecule has 0 aromatic heterocycles. The quantitative estimate of drug-likeness (QED) is 0.186. The van der Waals surface area contributed by atoms with Crippen molar-refractivity contribution >= 4 is 22.9 Å². The summed E-state index contributed by atoms with van der Waals surface area (Å²) in [5.41, 5.74) is -0.810. The lowest BCUT2D eigenvalue weighted by Gasteiger charge is -2.43. The van der Waals surface area contributed by atoms with Gasteiger partial charge in [-0.3, -0.25) is 4.79 Å². The Bertz CT molecular complexity index is 1760. The molecule has 1 amide bonds. The van der Waals surface area contributed by atoms with E-state index < -0.39 is 69.2 Å². The van der Waals surface area contributed by atoms with E-state index in [2.05, 4.69) is 0 Å². The molecule has 2 fully saturated rings. The molecule has 1 heterocycles. The highest BCUT2D eigenvalue weighted by atomic mass is 32.2. The summed E-state index contributed by atoms with van der Waals surface area (Å²) in [5.74, 6) is -2.47. The highest BCUT2D eigenvalue weighted by Crippen LogP contribution is 2.54. The van der Waals surface area contributed by atoms with Crippen LogP contribution >= 0.6 is 0 Å². The molecular weight excluding hydrogens is 644 g/mol. The van der Waals surface area contributed by atoms with E-state index in [1.165, 1.54) is 18.2 Å². The fourth-order valence-corrected chi connectivity index (χ4v) is 10.1. The van der Waals surface area contributed by atoms with Crippen LogP contribution < -0.4 is 4.74 Å². The summed E-state index contributed by atoms with van der Waals surface area (Å²) in [4.78, 5) is 15.4. The van der Waals surface area contributed by atoms with Crippen LogP contribution in [-0.2, 0) is 38.6 Å². The number of fused-ring (bicyclic) bond motifs is 3. The summed E-state index contributed by atoms with van der Waals surface area (Å²) in [7, 11) is -5.71. The second kappa shape index (κ2) is 12.5. The molecule has 1 saturated heterocycles. The number of hydrogen-bond donors (Lipinski definition) is 2. The molecule has 3 aromatic rings. The number of aryl methyl sites for hydroxylation is 1. The molecule has 0 bridgehead atoms. The molecule has 7 nitrogen and oxygen atoms in total. The molecule has 3 aromatic carbocycles. The molecule has 2 aliphatic carbocycles.